The van der Waals surface area contributed by atoms with Crippen molar-refractivity contribution in [1.82, 2.24) is 10.2 Å². The summed E-state index contributed by atoms with van der Waals surface area (Å²) in [6, 6.07) is 14.8. The topological polar surface area (TPSA) is 58.6 Å². The summed E-state index contributed by atoms with van der Waals surface area (Å²) in [4.78, 5) is 27.6. The number of halogens is 2. The highest BCUT2D eigenvalue weighted by molar-refractivity contribution is 6.30. The van der Waals surface area contributed by atoms with Crippen molar-refractivity contribution in [1.29, 1.82) is 0 Å². The molecule has 2 aromatic carbocycles. The third kappa shape index (κ3) is 3.65. The Hall–Kier alpha value is -2.24. The number of hydrogen-bond donors (Lipinski definition) is 1. The van der Waals surface area contributed by atoms with Gasteiger partial charge in [0.15, 0.2) is 6.61 Å². The summed E-state index contributed by atoms with van der Waals surface area (Å²) in [5.74, 6) is 1.04. The van der Waals surface area contributed by atoms with Crippen LogP contribution >= 0.6 is 23.2 Å². The summed E-state index contributed by atoms with van der Waals surface area (Å²) in [7, 11) is 0. The van der Waals surface area contributed by atoms with Crippen molar-refractivity contribution >= 4 is 35.0 Å². The summed E-state index contributed by atoms with van der Waals surface area (Å²) >= 11 is 11.9. The minimum Gasteiger partial charge on any atom is -0.484 e. The van der Waals surface area contributed by atoms with Gasteiger partial charge in [-0.25, -0.2) is 0 Å². The van der Waals surface area contributed by atoms with E-state index in [1.165, 1.54) is 5.56 Å². The fourth-order valence-electron chi connectivity index (χ4n) is 5.49. The maximum Gasteiger partial charge on any atom is 0.258 e. The number of nitrogens with one attached hydrogen (secondary N) is 1. The first kappa shape index (κ1) is 21.6. The van der Waals surface area contributed by atoms with Gasteiger partial charge in [0.2, 0.25) is 5.91 Å². The Morgan fingerprint density at radius 3 is 2.16 bits per heavy atom. The van der Waals surface area contributed by atoms with E-state index in [-0.39, 0.29) is 47.1 Å². The van der Waals surface area contributed by atoms with Gasteiger partial charge in [0.1, 0.15) is 5.75 Å². The van der Waals surface area contributed by atoms with Crippen LogP contribution in [0.2, 0.25) is 10.0 Å². The van der Waals surface area contributed by atoms with Crippen LogP contribution in [-0.2, 0) is 9.59 Å². The Labute approximate surface area is 198 Å². The third-order valence-corrected chi connectivity index (χ3v) is 8.24. The highest BCUT2D eigenvalue weighted by Gasteiger charge is 2.76. The van der Waals surface area contributed by atoms with Gasteiger partial charge in [-0.1, -0.05) is 49.2 Å². The van der Waals surface area contributed by atoms with Crippen molar-refractivity contribution in [3.05, 3.63) is 64.1 Å². The van der Waals surface area contributed by atoms with Gasteiger partial charge in [0, 0.05) is 45.9 Å². The molecule has 3 aliphatic rings. The minimum absolute atomic E-state index is 0.0439. The summed E-state index contributed by atoms with van der Waals surface area (Å²) in [6.45, 7) is 5.63. The van der Waals surface area contributed by atoms with Gasteiger partial charge in [-0.15, -0.1) is 0 Å². The van der Waals surface area contributed by atoms with E-state index in [9.17, 15) is 9.59 Å². The molecule has 5 atom stereocenters. The predicted molar refractivity (Wildman–Crippen MR) is 124 cm³/mol. The lowest BCUT2D eigenvalue weighted by Crippen LogP contribution is -2.42. The molecule has 2 unspecified atom stereocenters. The van der Waals surface area contributed by atoms with Crippen LogP contribution in [-0.4, -0.2) is 42.5 Å². The Kier molecular flexibility index (Phi) is 5.18. The molecule has 7 heteroatoms. The van der Waals surface area contributed by atoms with Crippen molar-refractivity contribution in [2.24, 2.45) is 16.7 Å². The molecule has 0 spiro atoms. The molecular formula is C25H26Cl2N2O3. The molecule has 1 saturated heterocycles. The summed E-state index contributed by atoms with van der Waals surface area (Å²) in [6.07, 6.45) is 0.895. The average molecular weight is 473 g/mol. The van der Waals surface area contributed by atoms with Crippen molar-refractivity contribution in [3.8, 4) is 5.75 Å². The molecule has 1 aliphatic heterocycles. The Bertz CT molecular complexity index is 1040. The molecule has 3 fully saturated rings. The lowest BCUT2D eigenvalue weighted by Gasteiger charge is -2.24. The Morgan fingerprint density at radius 2 is 1.56 bits per heavy atom. The van der Waals surface area contributed by atoms with Crippen LogP contribution in [0.5, 0.6) is 5.75 Å². The van der Waals surface area contributed by atoms with Crippen LogP contribution in [0.1, 0.15) is 31.7 Å². The number of carbonyl (C=O) groups is 2. The van der Waals surface area contributed by atoms with E-state index >= 15 is 0 Å². The van der Waals surface area contributed by atoms with E-state index in [1.54, 1.807) is 24.3 Å². The molecule has 2 aliphatic carbocycles. The summed E-state index contributed by atoms with van der Waals surface area (Å²) in [5, 5.41) is 4.46. The van der Waals surface area contributed by atoms with Crippen molar-refractivity contribution in [2.45, 2.75) is 32.2 Å². The molecule has 0 radical (unpaired) electrons. The van der Waals surface area contributed by atoms with Crippen LogP contribution in [0.25, 0.3) is 0 Å². The molecule has 5 nitrogen and oxygen atoms in total. The number of amides is 2. The third-order valence-electron chi connectivity index (χ3n) is 7.74. The number of carbonyl (C=O) groups excluding carboxylic acids is 2. The zero-order valence-corrected chi connectivity index (χ0v) is 19.6. The highest BCUT2D eigenvalue weighted by atomic mass is 35.5. The molecule has 1 N–H and O–H groups in total. The van der Waals surface area contributed by atoms with E-state index in [4.69, 9.17) is 27.9 Å². The van der Waals surface area contributed by atoms with Crippen LogP contribution in [0.4, 0.5) is 0 Å². The SMILES string of the molecule is C[C@@]12CN(C(=O)C3CC3c3ccc(Cl)cc3)C[C@]1(C)[C@H]2NC(=O)COc1ccc(Cl)cc1. The number of nitrogens with zero attached hydrogens (tertiary/aromatic N) is 1. The van der Waals surface area contributed by atoms with E-state index in [2.05, 4.69) is 19.2 Å². The second kappa shape index (κ2) is 7.67. The van der Waals surface area contributed by atoms with Crippen LogP contribution in [0.3, 0.4) is 0 Å². The first-order valence-electron chi connectivity index (χ1n) is 10.9. The first-order valence-corrected chi connectivity index (χ1v) is 11.7. The van der Waals surface area contributed by atoms with Crippen LogP contribution in [0.15, 0.2) is 48.5 Å². The molecule has 32 heavy (non-hydrogen) atoms. The van der Waals surface area contributed by atoms with E-state index in [0.29, 0.717) is 28.9 Å². The zero-order chi connectivity index (χ0) is 22.7. The number of likely N-dealkylation sites (tertiary alicyclic amines) is 1. The lowest BCUT2D eigenvalue weighted by molar-refractivity contribution is -0.132. The van der Waals surface area contributed by atoms with E-state index in [0.717, 1.165) is 6.42 Å². The molecule has 0 bridgehead atoms. The van der Waals surface area contributed by atoms with Gasteiger partial charge in [0.05, 0.1) is 0 Å². The van der Waals surface area contributed by atoms with Crippen molar-refractivity contribution in [2.75, 3.05) is 19.7 Å². The van der Waals surface area contributed by atoms with Crippen molar-refractivity contribution < 1.29 is 14.3 Å². The zero-order valence-electron chi connectivity index (χ0n) is 18.1. The summed E-state index contributed by atoms with van der Waals surface area (Å²) < 4.78 is 5.56. The largest absolute Gasteiger partial charge is 0.484 e. The fourth-order valence-corrected chi connectivity index (χ4v) is 5.74. The Balaban J connectivity index is 1.13. The van der Waals surface area contributed by atoms with Gasteiger partial charge in [0.25, 0.3) is 5.91 Å². The Morgan fingerprint density at radius 1 is 1.00 bits per heavy atom. The van der Waals surface area contributed by atoms with Gasteiger partial charge in [-0.3, -0.25) is 9.59 Å². The smallest absolute Gasteiger partial charge is 0.258 e. The van der Waals surface area contributed by atoms with Crippen LogP contribution in [0, 0.1) is 16.7 Å². The van der Waals surface area contributed by atoms with Crippen LogP contribution < -0.4 is 10.1 Å². The standard InChI is InChI=1S/C25H26Cl2N2O3/c1-24-13-29(22(31)20-11-19(20)15-3-5-16(26)6-4-15)14-25(24,2)23(24)28-21(30)12-32-18-9-7-17(27)8-10-18/h3-10,19-20,23H,11-14H2,1-2H3,(H,28,30)/t19?,20?,23-,24-,25+. The fraction of sp³-hybridized carbons (Fsp3) is 0.440. The monoisotopic (exact) mass is 472 g/mol. The predicted octanol–water partition coefficient (Wildman–Crippen LogP) is 4.53. The second-order valence-electron chi connectivity index (χ2n) is 9.77. The molecule has 1 heterocycles. The maximum absolute atomic E-state index is 13.1. The quantitative estimate of drug-likeness (QED) is 0.671. The first-order chi connectivity index (χ1) is 15.2. The second-order valence-corrected chi connectivity index (χ2v) is 10.6. The number of rotatable bonds is 6. The molecule has 2 aromatic rings. The highest BCUT2D eigenvalue weighted by Crippen LogP contribution is 2.68. The number of ether oxygens (including phenoxy) is 1. The molecule has 0 aromatic heterocycles. The molecule has 5 rings (SSSR count). The van der Waals surface area contributed by atoms with Gasteiger partial charge in [-0.2, -0.15) is 0 Å². The molecular weight excluding hydrogens is 447 g/mol. The lowest BCUT2D eigenvalue weighted by atomic mass is 10.0. The average Bonchev–Trinajstić information content (AvgIpc) is 3.61. The normalized spacial score (nSPS) is 32.2. The molecule has 168 valence electrons. The van der Waals surface area contributed by atoms with Gasteiger partial charge in [-0.05, 0) is 54.3 Å². The number of fused-ring (bicyclic) bond motifs is 1. The molecule has 2 amide bonds. The number of hydrogen-bond acceptors (Lipinski definition) is 3. The minimum atomic E-state index is -0.148. The number of benzene rings is 2. The maximum atomic E-state index is 13.1. The van der Waals surface area contributed by atoms with Crippen molar-refractivity contribution in [3.63, 3.8) is 0 Å². The number of piperidine rings is 1. The van der Waals surface area contributed by atoms with E-state index in [1.807, 2.05) is 29.2 Å². The summed E-state index contributed by atoms with van der Waals surface area (Å²) in [5.41, 5.74) is 0.965. The van der Waals surface area contributed by atoms with Gasteiger partial charge >= 0.3 is 0 Å². The van der Waals surface area contributed by atoms with E-state index < -0.39 is 0 Å². The van der Waals surface area contributed by atoms with Gasteiger partial charge < -0.3 is 15.0 Å². The molecule has 2 saturated carbocycles.